The Bertz CT molecular complexity index is 588. The Hall–Kier alpha value is -1.83. The van der Waals surface area contributed by atoms with Gasteiger partial charge in [0.25, 0.3) is 0 Å². The summed E-state index contributed by atoms with van der Waals surface area (Å²) in [6.07, 6.45) is 0. The fourth-order valence-corrected chi connectivity index (χ4v) is 2.09. The summed E-state index contributed by atoms with van der Waals surface area (Å²) in [5, 5.41) is 0. The number of hydrogen-bond donors (Lipinski definition) is 0. The van der Waals surface area contributed by atoms with E-state index in [-0.39, 0.29) is 5.82 Å². The Kier molecular flexibility index (Phi) is 3.37. The molecule has 18 heavy (non-hydrogen) atoms. The molecule has 0 aliphatic rings. The lowest BCUT2D eigenvalue weighted by molar-refractivity contribution is 0.411. The maximum absolute atomic E-state index is 13.6. The number of rotatable bonds is 2. The molecule has 0 saturated carbocycles. The van der Waals surface area contributed by atoms with Crippen molar-refractivity contribution < 1.29 is 9.13 Å². The van der Waals surface area contributed by atoms with Crippen molar-refractivity contribution in [2.75, 3.05) is 7.11 Å². The quantitative estimate of drug-likeness (QED) is 0.759. The van der Waals surface area contributed by atoms with Crippen LogP contribution in [-0.2, 0) is 0 Å². The zero-order chi connectivity index (χ0) is 13.3. The van der Waals surface area contributed by atoms with E-state index in [2.05, 4.69) is 0 Å². The SMILES string of the molecule is COc1ccc(-c2ccc(C)c(F)c2)c(C)c1C. The van der Waals surface area contributed by atoms with Crippen LogP contribution in [0.3, 0.4) is 0 Å². The fourth-order valence-electron chi connectivity index (χ4n) is 2.09. The first-order valence-electron chi connectivity index (χ1n) is 5.95. The van der Waals surface area contributed by atoms with Crippen LogP contribution < -0.4 is 4.74 Å². The van der Waals surface area contributed by atoms with Gasteiger partial charge in [-0.25, -0.2) is 4.39 Å². The number of ether oxygens (including phenoxy) is 1. The zero-order valence-electron chi connectivity index (χ0n) is 11.2. The number of hydrogen-bond acceptors (Lipinski definition) is 1. The highest BCUT2D eigenvalue weighted by molar-refractivity contribution is 5.70. The molecule has 0 aromatic heterocycles. The minimum absolute atomic E-state index is 0.166. The minimum atomic E-state index is -0.166. The van der Waals surface area contributed by atoms with E-state index >= 15 is 0 Å². The Morgan fingerprint density at radius 1 is 0.944 bits per heavy atom. The molecule has 0 fully saturated rings. The summed E-state index contributed by atoms with van der Waals surface area (Å²) >= 11 is 0. The Balaban J connectivity index is 2.57. The molecular formula is C16H17FO. The lowest BCUT2D eigenvalue weighted by Gasteiger charge is -2.13. The van der Waals surface area contributed by atoms with Crippen LogP contribution in [0.15, 0.2) is 30.3 Å². The van der Waals surface area contributed by atoms with Crippen molar-refractivity contribution >= 4 is 0 Å². The van der Waals surface area contributed by atoms with Gasteiger partial charge in [-0.2, -0.15) is 0 Å². The van der Waals surface area contributed by atoms with E-state index in [1.54, 1.807) is 20.1 Å². The third-order valence-electron chi connectivity index (χ3n) is 3.44. The molecule has 0 amide bonds. The summed E-state index contributed by atoms with van der Waals surface area (Å²) in [6.45, 7) is 5.82. The van der Waals surface area contributed by atoms with Crippen molar-refractivity contribution in [2.24, 2.45) is 0 Å². The number of aryl methyl sites for hydroxylation is 1. The summed E-state index contributed by atoms with van der Waals surface area (Å²) in [6, 6.07) is 9.25. The second-order valence-electron chi connectivity index (χ2n) is 4.53. The smallest absolute Gasteiger partial charge is 0.126 e. The second-order valence-corrected chi connectivity index (χ2v) is 4.53. The van der Waals surface area contributed by atoms with Crippen LogP contribution in [0.25, 0.3) is 11.1 Å². The molecule has 0 aliphatic carbocycles. The van der Waals surface area contributed by atoms with Crippen LogP contribution in [-0.4, -0.2) is 7.11 Å². The van der Waals surface area contributed by atoms with E-state index < -0.39 is 0 Å². The minimum Gasteiger partial charge on any atom is -0.496 e. The molecule has 0 unspecified atom stereocenters. The molecule has 0 spiro atoms. The van der Waals surface area contributed by atoms with Crippen molar-refractivity contribution in [1.29, 1.82) is 0 Å². The zero-order valence-corrected chi connectivity index (χ0v) is 11.2. The topological polar surface area (TPSA) is 9.23 Å². The first kappa shape index (κ1) is 12.6. The molecule has 0 N–H and O–H groups in total. The molecule has 2 aromatic carbocycles. The van der Waals surface area contributed by atoms with Gasteiger partial charge >= 0.3 is 0 Å². The summed E-state index contributed by atoms with van der Waals surface area (Å²) < 4.78 is 18.9. The van der Waals surface area contributed by atoms with Crippen molar-refractivity contribution in [3.05, 3.63) is 52.8 Å². The normalized spacial score (nSPS) is 10.5. The lowest BCUT2D eigenvalue weighted by Crippen LogP contribution is -1.93. The highest BCUT2D eigenvalue weighted by Crippen LogP contribution is 2.31. The Morgan fingerprint density at radius 3 is 2.28 bits per heavy atom. The van der Waals surface area contributed by atoms with Crippen LogP contribution in [0.2, 0.25) is 0 Å². The average Bonchev–Trinajstić information content (AvgIpc) is 2.36. The van der Waals surface area contributed by atoms with Gasteiger partial charge < -0.3 is 4.74 Å². The van der Waals surface area contributed by atoms with Crippen LogP contribution in [0.1, 0.15) is 16.7 Å². The van der Waals surface area contributed by atoms with E-state index in [4.69, 9.17) is 4.74 Å². The maximum Gasteiger partial charge on any atom is 0.126 e. The van der Waals surface area contributed by atoms with Crippen molar-refractivity contribution in [1.82, 2.24) is 0 Å². The first-order chi connectivity index (χ1) is 8.54. The predicted molar refractivity (Wildman–Crippen MR) is 72.6 cm³/mol. The van der Waals surface area contributed by atoms with E-state index in [1.807, 2.05) is 38.1 Å². The molecule has 0 saturated heterocycles. The molecule has 0 aliphatic heterocycles. The second kappa shape index (κ2) is 4.81. The molecule has 94 valence electrons. The predicted octanol–water partition coefficient (Wildman–Crippen LogP) is 4.43. The fraction of sp³-hybridized carbons (Fsp3) is 0.250. The molecule has 2 aromatic rings. The summed E-state index contributed by atoms with van der Waals surface area (Å²) in [4.78, 5) is 0. The van der Waals surface area contributed by atoms with E-state index in [0.29, 0.717) is 5.56 Å². The van der Waals surface area contributed by atoms with Crippen LogP contribution in [0, 0.1) is 26.6 Å². The molecular weight excluding hydrogens is 227 g/mol. The number of halogens is 1. The molecule has 0 radical (unpaired) electrons. The third-order valence-corrected chi connectivity index (χ3v) is 3.44. The van der Waals surface area contributed by atoms with Gasteiger partial charge in [0.2, 0.25) is 0 Å². The van der Waals surface area contributed by atoms with E-state index in [0.717, 1.165) is 28.0 Å². The van der Waals surface area contributed by atoms with Gasteiger partial charge in [0.15, 0.2) is 0 Å². The van der Waals surface area contributed by atoms with Crippen molar-refractivity contribution in [3.63, 3.8) is 0 Å². The largest absolute Gasteiger partial charge is 0.496 e. The van der Waals surface area contributed by atoms with E-state index in [9.17, 15) is 4.39 Å². The van der Waals surface area contributed by atoms with Crippen LogP contribution >= 0.6 is 0 Å². The van der Waals surface area contributed by atoms with Gasteiger partial charge in [-0.15, -0.1) is 0 Å². The van der Waals surface area contributed by atoms with Gasteiger partial charge in [-0.05, 0) is 60.7 Å². The van der Waals surface area contributed by atoms with Crippen LogP contribution in [0.5, 0.6) is 5.75 Å². The highest BCUT2D eigenvalue weighted by Gasteiger charge is 2.09. The van der Waals surface area contributed by atoms with Crippen molar-refractivity contribution in [3.8, 4) is 16.9 Å². The van der Waals surface area contributed by atoms with Gasteiger partial charge in [0.05, 0.1) is 7.11 Å². The lowest BCUT2D eigenvalue weighted by atomic mass is 9.95. The summed E-state index contributed by atoms with van der Waals surface area (Å²) in [5.74, 6) is 0.698. The third kappa shape index (κ3) is 2.10. The summed E-state index contributed by atoms with van der Waals surface area (Å²) in [7, 11) is 1.66. The average molecular weight is 244 g/mol. The van der Waals surface area contributed by atoms with Gasteiger partial charge in [0, 0.05) is 0 Å². The Morgan fingerprint density at radius 2 is 1.67 bits per heavy atom. The van der Waals surface area contributed by atoms with Gasteiger partial charge in [0.1, 0.15) is 11.6 Å². The highest BCUT2D eigenvalue weighted by atomic mass is 19.1. The standard InChI is InChI=1S/C16H17FO/c1-10-5-6-13(9-15(10)17)14-7-8-16(18-4)12(3)11(14)2/h5-9H,1-4H3. The molecule has 0 bridgehead atoms. The van der Waals surface area contributed by atoms with Crippen LogP contribution in [0.4, 0.5) is 4.39 Å². The Labute approximate surface area is 107 Å². The van der Waals surface area contributed by atoms with Gasteiger partial charge in [-0.3, -0.25) is 0 Å². The molecule has 0 heterocycles. The number of methoxy groups -OCH3 is 1. The molecule has 2 heteroatoms. The van der Waals surface area contributed by atoms with Crippen molar-refractivity contribution in [2.45, 2.75) is 20.8 Å². The monoisotopic (exact) mass is 244 g/mol. The molecule has 1 nitrogen and oxygen atoms in total. The van der Waals surface area contributed by atoms with Gasteiger partial charge in [-0.1, -0.05) is 18.2 Å². The summed E-state index contributed by atoms with van der Waals surface area (Å²) in [5.41, 5.74) is 4.84. The maximum atomic E-state index is 13.6. The molecule has 2 rings (SSSR count). The molecule has 0 atom stereocenters. The first-order valence-corrected chi connectivity index (χ1v) is 5.95. The number of benzene rings is 2. The van der Waals surface area contributed by atoms with E-state index in [1.165, 1.54) is 0 Å².